The minimum absolute atomic E-state index is 0.210. The van der Waals surface area contributed by atoms with Crippen LogP contribution in [0.15, 0.2) is 83.6 Å². The molecule has 0 amide bonds. The zero-order valence-electron chi connectivity index (χ0n) is 13.7. The quantitative estimate of drug-likeness (QED) is 0.508. The second kappa shape index (κ2) is 8.22. The van der Waals surface area contributed by atoms with Crippen LogP contribution in [0.4, 0.5) is 5.69 Å². The molecule has 0 bridgehead atoms. The molecular formula is C19H21NO2S2. The molecule has 24 heavy (non-hydrogen) atoms. The van der Waals surface area contributed by atoms with E-state index in [1.807, 2.05) is 31.2 Å². The van der Waals surface area contributed by atoms with Crippen molar-refractivity contribution < 1.29 is 8.42 Å². The summed E-state index contributed by atoms with van der Waals surface area (Å²) in [5, 5.41) is 0. The number of sulfonamides is 1. The topological polar surface area (TPSA) is 37.4 Å². The SMILES string of the molecule is C=CCSc1ccccc1N(CC=C)S(=O)(=O)c1ccc(C)cc1. The highest BCUT2D eigenvalue weighted by atomic mass is 32.2. The molecule has 0 atom stereocenters. The van der Waals surface area contributed by atoms with Gasteiger partial charge in [-0.05, 0) is 31.2 Å². The molecule has 0 heterocycles. The van der Waals surface area contributed by atoms with Crippen molar-refractivity contribution in [2.24, 2.45) is 0 Å². The third-order valence-corrected chi connectivity index (χ3v) is 6.25. The third-order valence-electron chi connectivity index (χ3n) is 3.39. The summed E-state index contributed by atoms with van der Waals surface area (Å²) in [6.45, 7) is 9.57. The van der Waals surface area contributed by atoms with E-state index in [1.165, 1.54) is 4.31 Å². The second-order valence-electron chi connectivity index (χ2n) is 5.21. The van der Waals surface area contributed by atoms with Crippen LogP contribution in [0, 0.1) is 6.92 Å². The van der Waals surface area contributed by atoms with Crippen LogP contribution in [0.25, 0.3) is 0 Å². The number of benzene rings is 2. The van der Waals surface area contributed by atoms with Gasteiger partial charge in [0, 0.05) is 10.6 Å². The summed E-state index contributed by atoms with van der Waals surface area (Å²) in [4.78, 5) is 1.17. The lowest BCUT2D eigenvalue weighted by Gasteiger charge is -2.25. The molecule has 2 rings (SSSR count). The zero-order chi connectivity index (χ0) is 17.6. The van der Waals surface area contributed by atoms with Gasteiger partial charge in [-0.1, -0.05) is 42.0 Å². The van der Waals surface area contributed by atoms with Gasteiger partial charge in [-0.15, -0.1) is 24.9 Å². The molecule has 0 unspecified atom stereocenters. The van der Waals surface area contributed by atoms with E-state index in [2.05, 4.69) is 13.2 Å². The predicted octanol–water partition coefficient (Wildman–Crippen LogP) is 4.65. The Labute approximate surface area is 148 Å². The van der Waals surface area contributed by atoms with Crippen molar-refractivity contribution in [1.29, 1.82) is 0 Å². The molecule has 5 heteroatoms. The van der Waals surface area contributed by atoms with E-state index >= 15 is 0 Å². The lowest BCUT2D eigenvalue weighted by atomic mass is 10.2. The van der Waals surface area contributed by atoms with Gasteiger partial charge in [0.15, 0.2) is 0 Å². The number of thioether (sulfide) groups is 1. The lowest BCUT2D eigenvalue weighted by Crippen LogP contribution is -2.31. The summed E-state index contributed by atoms with van der Waals surface area (Å²) in [6, 6.07) is 14.4. The number of anilines is 1. The number of hydrogen-bond donors (Lipinski definition) is 0. The summed E-state index contributed by atoms with van der Waals surface area (Å²) in [6.07, 6.45) is 3.40. The molecule has 0 radical (unpaired) electrons. The number of nitrogens with zero attached hydrogens (tertiary/aromatic N) is 1. The zero-order valence-corrected chi connectivity index (χ0v) is 15.3. The smallest absolute Gasteiger partial charge is 0.261 e. The fourth-order valence-corrected chi connectivity index (χ4v) is 4.53. The Bertz CT molecular complexity index is 812. The first-order valence-corrected chi connectivity index (χ1v) is 9.96. The van der Waals surface area contributed by atoms with Crippen molar-refractivity contribution in [3.8, 4) is 0 Å². The van der Waals surface area contributed by atoms with Gasteiger partial charge in [-0.3, -0.25) is 4.31 Å². The van der Waals surface area contributed by atoms with Gasteiger partial charge in [0.05, 0.1) is 17.1 Å². The Kier molecular flexibility index (Phi) is 6.29. The number of aryl methyl sites for hydroxylation is 1. The fraction of sp³-hybridized carbons (Fsp3) is 0.158. The molecule has 0 aromatic heterocycles. The summed E-state index contributed by atoms with van der Waals surface area (Å²) in [5.41, 5.74) is 1.68. The molecule has 0 spiro atoms. The molecule has 2 aromatic rings. The number of para-hydroxylation sites is 1. The van der Waals surface area contributed by atoms with E-state index in [4.69, 9.17) is 0 Å². The van der Waals surface area contributed by atoms with Crippen molar-refractivity contribution >= 4 is 27.5 Å². The maximum Gasteiger partial charge on any atom is 0.264 e. The largest absolute Gasteiger partial charge is 0.264 e. The van der Waals surface area contributed by atoms with Crippen LogP contribution in [-0.4, -0.2) is 20.7 Å². The molecule has 0 N–H and O–H groups in total. The lowest BCUT2D eigenvalue weighted by molar-refractivity contribution is 0.592. The van der Waals surface area contributed by atoms with Crippen molar-refractivity contribution in [1.82, 2.24) is 0 Å². The maximum atomic E-state index is 13.1. The first-order valence-electron chi connectivity index (χ1n) is 7.53. The van der Waals surface area contributed by atoms with Crippen molar-refractivity contribution in [3.05, 3.63) is 79.4 Å². The second-order valence-corrected chi connectivity index (χ2v) is 8.13. The molecule has 0 saturated heterocycles. The van der Waals surface area contributed by atoms with Crippen molar-refractivity contribution in [2.45, 2.75) is 16.7 Å². The molecule has 0 aliphatic rings. The molecule has 0 saturated carbocycles. The Morgan fingerprint density at radius 2 is 1.71 bits per heavy atom. The van der Waals surface area contributed by atoms with Gasteiger partial charge in [0.25, 0.3) is 10.0 Å². The highest BCUT2D eigenvalue weighted by molar-refractivity contribution is 7.99. The molecule has 0 fully saturated rings. The van der Waals surface area contributed by atoms with Crippen LogP contribution in [0.5, 0.6) is 0 Å². The van der Waals surface area contributed by atoms with Gasteiger partial charge in [0.2, 0.25) is 0 Å². The van der Waals surface area contributed by atoms with Crippen molar-refractivity contribution in [2.75, 3.05) is 16.6 Å². The molecule has 3 nitrogen and oxygen atoms in total. The highest BCUT2D eigenvalue weighted by Gasteiger charge is 2.25. The van der Waals surface area contributed by atoms with E-state index in [0.717, 1.165) is 10.5 Å². The normalized spacial score (nSPS) is 11.0. The van der Waals surface area contributed by atoms with Gasteiger partial charge < -0.3 is 0 Å². The minimum Gasteiger partial charge on any atom is -0.261 e. The summed E-state index contributed by atoms with van der Waals surface area (Å²) in [7, 11) is -3.66. The fourth-order valence-electron chi connectivity index (χ4n) is 2.21. The molecular weight excluding hydrogens is 338 g/mol. The standard InChI is InChI=1S/C19H21NO2S2/c1-4-14-20(18-8-6-7-9-19(18)23-15-5-2)24(21,22)17-12-10-16(3)11-13-17/h4-13H,1-2,14-15H2,3H3. The number of hydrogen-bond acceptors (Lipinski definition) is 3. The summed E-state index contributed by atoms with van der Waals surface area (Å²) >= 11 is 1.56. The first kappa shape index (κ1) is 18.4. The van der Waals surface area contributed by atoms with E-state index in [-0.39, 0.29) is 11.4 Å². The van der Waals surface area contributed by atoms with Crippen LogP contribution in [0.1, 0.15) is 5.56 Å². The molecule has 126 valence electrons. The van der Waals surface area contributed by atoms with Crippen LogP contribution < -0.4 is 4.31 Å². The average molecular weight is 360 g/mol. The average Bonchev–Trinajstić information content (AvgIpc) is 2.58. The summed E-state index contributed by atoms with van der Waals surface area (Å²) < 4.78 is 27.6. The Balaban J connectivity index is 2.51. The first-order chi connectivity index (χ1) is 11.5. The summed E-state index contributed by atoms with van der Waals surface area (Å²) in [5.74, 6) is 0.712. The monoisotopic (exact) mass is 359 g/mol. The van der Waals surface area contributed by atoms with Crippen LogP contribution in [0.2, 0.25) is 0 Å². The van der Waals surface area contributed by atoms with Crippen molar-refractivity contribution in [3.63, 3.8) is 0 Å². The Hall–Kier alpha value is -1.98. The van der Waals surface area contributed by atoms with Gasteiger partial charge in [-0.25, -0.2) is 8.42 Å². The van der Waals surface area contributed by atoms with Crippen LogP contribution in [0.3, 0.4) is 0 Å². The minimum atomic E-state index is -3.66. The van der Waals surface area contributed by atoms with E-state index in [0.29, 0.717) is 11.4 Å². The van der Waals surface area contributed by atoms with E-state index in [1.54, 1.807) is 48.2 Å². The van der Waals surface area contributed by atoms with E-state index < -0.39 is 10.0 Å². The van der Waals surface area contributed by atoms with Crippen LogP contribution in [-0.2, 0) is 10.0 Å². The number of rotatable bonds is 8. The van der Waals surface area contributed by atoms with Gasteiger partial charge in [-0.2, -0.15) is 0 Å². The van der Waals surface area contributed by atoms with Gasteiger partial charge >= 0.3 is 0 Å². The highest BCUT2D eigenvalue weighted by Crippen LogP contribution is 2.33. The van der Waals surface area contributed by atoms with Crippen LogP contribution >= 0.6 is 11.8 Å². The maximum absolute atomic E-state index is 13.1. The van der Waals surface area contributed by atoms with E-state index in [9.17, 15) is 8.42 Å². The Morgan fingerprint density at radius 3 is 2.33 bits per heavy atom. The predicted molar refractivity (Wildman–Crippen MR) is 103 cm³/mol. The molecule has 0 aliphatic carbocycles. The van der Waals surface area contributed by atoms with Gasteiger partial charge in [0.1, 0.15) is 0 Å². The third kappa shape index (κ3) is 4.10. The molecule has 0 aliphatic heterocycles. The molecule has 2 aromatic carbocycles. The Morgan fingerprint density at radius 1 is 1.04 bits per heavy atom.